The van der Waals surface area contributed by atoms with Gasteiger partial charge in [-0.3, -0.25) is 4.55 Å². The lowest BCUT2D eigenvalue weighted by Gasteiger charge is -2.02. The van der Waals surface area contributed by atoms with Crippen LogP contribution in [0.4, 0.5) is 0 Å². The predicted molar refractivity (Wildman–Crippen MR) is 74.8 cm³/mol. The van der Waals surface area contributed by atoms with Crippen molar-refractivity contribution in [2.45, 2.75) is 69.8 Å². The maximum atomic E-state index is 11.0. The Morgan fingerprint density at radius 2 is 1.63 bits per heavy atom. The van der Waals surface area contributed by atoms with Gasteiger partial charge in [-0.1, -0.05) is 51.9 Å². The van der Waals surface area contributed by atoms with E-state index >= 15 is 0 Å². The molecule has 1 aromatic heterocycles. The van der Waals surface area contributed by atoms with Gasteiger partial charge in [0.1, 0.15) is 0 Å². The molecule has 0 atom stereocenters. The van der Waals surface area contributed by atoms with Gasteiger partial charge < -0.3 is 4.42 Å². The van der Waals surface area contributed by atoms with Crippen LogP contribution >= 0.6 is 0 Å². The van der Waals surface area contributed by atoms with Gasteiger partial charge in [0, 0.05) is 5.56 Å². The molecule has 0 aliphatic heterocycles. The van der Waals surface area contributed by atoms with Crippen molar-refractivity contribution in [1.82, 2.24) is 0 Å². The zero-order valence-corrected chi connectivity index (χ0v) is 12.4. The molecule has 0 saturated heterocycles. The van der Waals surface area contributed by atoms with E-state index in [-0.39, 0.29) is 5.09 Å². The molecular weight excluding hydrogens is 264 g/mol. The topological polar surface area (TPSA) is 67.5 Å². The Morgan fingerprint density at radius 1 is 1.05 bits per heavy atom. The van der Waals surface area contributed by atoms with E-state index in [9.17, 15) is 8.42 Å². The van der Waals surface area contributed by atoms with Crippen LogP contribution in [0.1, 0.15) is 63.9 Å². The van der Waals surface area contributed by atoms with Crippen molar-refractivity contribution < 1.29 is 17.4 Å². The molecule has 0 bridgehead atoms. The van der Waals surface area contributed by atoms with Crippen LogP contribution in [0.25, 0.3) is 0 Å². The van der Waals surface area contributed by atoms with E-state index in [0.717, 1.165) is 12.8 Å². The van der Waals surface area contributed by atoms with Crippen LogP contribution in [0.5, 0.6) is 0 Å². The largest absolute Gasteiger partial charge is 0.451 e. The number of hydrogen-bond donors (Lipinski definition) is 1. The lowest BCUT2D eigenvalue weighted by atomic mass is 10.1. The highest BCUT2D eigenvalue weighted by atomic mass is 32.2. The summed E-state index contributed by atoms with van der Waals surface area (Å²) >= 11 is 0. The maximum absolute atomic E-state index is 11.0. The Bertz CT molecular complexity index is 448. The Balaban J connectivity index is 2.18. The fraction of sp³-hybridized carbons (Fsp3) is 0.714. The van der Waals surface area contributed by atoms with Crippen LogP contribution in [-0.4, -0.2) is 13.0 Å². The zero-order chi connectivity index (χ0) is 14.1. The summed E-state index contributed by atoms with van der Waals surface area (Å²) in [7, 11) is -4.21. The van der Waals surface area contributed by atoms with Gasteiger partial charge in [-0.15, -0.1) is 0 Å². The van der Waals surface area contributed by atoms with E-state index in [1.54, 1.807) is 6.07 Å². The lowest BCUT2D eigenvalue weighted by Crippen LogP contribution is -2.00. The third-order valence-electron chi connectivity index (χ3n) is 3.24. The summed E-state index contributed by atoms with van der Waals surface area (Å²) in [6.45, 7) is 2.21. The first-order chi connectivity index (χ1) is 9.05. The van der Waals surface area contributed by atoms with Gasteiger partial charge >= 0.3 is 10.1 Å². The van der Waals surface area contributed by atoms with Crippen LogP contribution in [0.3, 0.4) is 0 Å². The minimum atomic E-state index is -4.21. The highest BCUT2D eigenvalue weighted by molar-refractivity contribution is 7.85. The molecule has 0 amide bonds. The SMILES string of the molecule is CCCCCCCCCCc1ccoc1S(=O)(=O)O. The van der Waals surface area contributed by atoms with Crippen molar-refractivity contribution in [2.75, 3.05) is 0 Å². The third kappa shape index (κ3) is 6.25. The van der Waals surface area contributed by atoms with Crippen molar-refractivity contribution in [1.29, 1.82) is 0 Å². The Morgan fingerprint density at radius 3 is 2.21 bits per heavy atom. The second-order valence-electron chi connectivity index (χ2n) is 4.93. The minimum absolute atomic E-state index is 0.296. The van der Waals surface area contributed by atoms with Crippen molar-refractivity contribution >= 4 is 10.1 Å². The summed E-state index contributed by atoms with van der Waals surface area (Å²) in [5.41, 5.74) is 0.577. The first-order valence-corrected chi connectivity index (χ1v) is 8.53. The van der Waals surface area contributed by atoms with Crippen LogP contribution in [0.2, 0.25) is 0 Å². The van der Waals surface area contributed by atoms with Gasteiger partial charge in [-0.2, -0.15) is 8.42 Å². The van der Waals surface area contributed by atoms with E-state index < -0.39 is 10.1 Å². The molecule has 19 heavy (non-hydrogen) atoms. The summed E-state index contributed by atoms with van der Waals surface area (Å²) in [5, 5.41) is -0.296. The number of furan rings is 1. The summed E-state index contributed by atoms with van der Waals surface area (Å²) < 4.78 is 35.8. The van der Waals surface area contributed by atoms with Crippen molar-refractivity contribution in [3.8, 4) is 0 Å². The number of rotatable bonds is 10. The van der Waals surface area contributed by atoms with Gasteiger partial charge in [0.2, 0.25) is 5.09 Å². The van der Waals surface area contributed by atoms with Crippen LogP contribution < -0.4 is 0 Å². The molecular formula is C14H24O4S. The van der Waals surface area contributed by atoms with Crippen molar-refractivity contribution in [3.63, 3.8) is 0 Å². The predicted octanol–water partition coefficient (Wildman–Crippen LogP) is 4.21. The smallest absolute Gasteiger partial charge is 0.328 e. The Labute approximate surface area is 116 Å². The van der Waals surface area contributed by atoms with Crippen molar-refractivity contribution in [2.24, 2.45) is 0 Å². The lowest BCUT2D eigenvalue weighted by molar-refractivity contribution is 0.401. The van der Waals surface area contributed by atoms with Gasteiger partial charge in [-0.05, 0) is 18.9 Å². The second kappa shape index (κ2) is 8.38. The second-order valence-corrected chi connectivity index (χ2v) is 6.25. The van der Waals surface area contributed by atoms with Crippen LogP contribution in [0, 0.1) is 0 Å². The molecule has 0 aromatic carbocycles. The van der Waals surface area contributed by atoms with Crippen LogP contribution in [-0.2, 0) is 16.5 Å². The molecule has 1 heterocycles. The van der Waals surface area contributed by atoms with E-state index in [1.165, 1.54) is 44.8 Å². The molecule has 4 nitrogen and oxygen atoms in total. The van der Waals surface area contributed by atoms with Gasteiger partial charge in [-0.25, -0.2) is 0 Å². The molecule has 0 saturated carbocycles. The van der Waals surface area contributed by atoms with Crippen LogP contribution in [0.15, 0.2) is 21.8 Å². The fourth-order valence-corrected chi connectivity index (χ4v) is 2.86. The molecule has 1 N–H and O–H groups in total. The quantitative estimate of drug-likeness (QED) is 0.517. The summed E-state index contributed by atoms with van der Waals surface area (Å²) in [6, 6.07) is 1.62. The zero-order valence-electron chi connectivity index (χ0n) is 11.6. The highest BCUT2D eigenvalue weighted by Crippen LogP contribution is 2.19. The average molecular weight is 288 g/mol. The summed E-state index contributed by atoms with van der Waals surface area (Å²) in [6.07, 6.45) is 11.6. The monoisotopic (exact) mass is 288 g/mol. The first kappa shape index (κ1) is 16.2. The highest BCUT2D eigenvalue weighted by Gasteiger charge is 2.18. The molecule has 110 valence electrons. The van der Waals surface area contributed by atoms with Gasteiger partial charge in [0.25, 0.3) is 0 Å². The Kier molecular flexibility index (Phi) is 7.16. The maximum Gasteiger partial charge on any atom is 0.328 e. The molecule has 1 aromatic rings. The third-order valence-corrected chi connectivity index (χ3v) is 4.07. The standard InChI is InChI=1S/C14H24O4S/c1-2-3-4-5-6-7-8-9-10-13-11-12-18-14(13)19(15,16)17/h11-12H,2-10H2,1H3,(H,15,16,17). The first-order valence-electron chi connectivity index (χ1n) is 7.09. The molecule has 0 unspecified atom stereocenters. The molecule has 0 aliphatic carbocycles. The van der Waals surface area contributed by atoms with Gasteiger partial charge in [0.15, 0.2) is 0 Å². The Hall–Kier alpha value is -0.810. The molecule has 0 aliphatic rings. The van der Waals surface area contributed by atoms with E-state index in [1.807, 2.05) is 0 Å². The molecule has 0 radical (unpaired) electrons. The number of unbranched alkanes of at least 4 members (excludes halogenated alkanes) is 7. The number of hydrogen-bond acceptors (Lipinski definition) is 3. The van der Waals surface area contributed by atoms with Gasteiger partial charge in [0.05, 0.1) is 6.26 Å². The summed E-state index contributed by atoms with van der Waals surface area (Å²) in [4.78, 5) is 0. The molecule has 0 fully saturated rings. The van der Waals surface area contributed by atoms with Crippen molar-refractivity contribution in [3.05, 3.63) is 17.9 Å². The molecule has 1 rings (SSSR count). The molecule has 5 heteroatoms. The fourth-order valence-electron chi connectivity index (χ4n) is 2.18. The number of aryl methyl sites for hydroxylation is 1. The molecule has 0 spiro atoms. The van der Waals surface area contributed by atoms with E-state index in [0.29, 0.717) is 12.0 Å². The van der Waals surface area contributed by atoms with E-state index in [4.69, 9.17) is 8.97 Å². The normalized spacial score (nSPS) is 11.9. The average Bonchev–Trinajstić information content (AvgIpc) is 2.81. The van der Waals surface area contributed by atoms with E-state index in [2.05, 4.69) is 6.92 Å². The minimum Gasteiger partial charge on any atom is -0.451 e. The summed E-state index contributed by atoms with van der Waals surface area (Å²) in [5.74, 6) is 0.